The number of halogens is 2. The van der Waals surface area contributed by atoms with Crippen LogP contribution in [0.4, 0.5) is 0 Å². The molecule has 0 aliphatic carbocycles. The monoisotopic (exact) mass is 511 g/mol. The maximum absolute atomic E-state index is 13.2. The number of nitrogens with zero attached hydrogens (tertiary/aromatic N) is 1. The number of carboxylic acids is 1. The number of Topliss-reactive ketones (excluding diaryl/α,β-unsaturated/α-hetero) is 1. The summed E-state index contributed by atoms with van der Waals surface area (Å²) in [6.07, 6.45) is 0. The van der Waals surface area contributed by atoms with Crippen molar-refractivity contribution >= 4 is 46.6 Å². The Hall–Kier alpha value is -3.81. The lowest BCUT2D eigenvalue weighted by Crippen LogP contribution is -2.29. The van der Waals surface area contributed by atoms with Gasteiger partial charge in [0.15, 0.2) is 0 Å². The molecule has 3 aromatic rings. The first kappa shape index (κ1) is 24.3. The smallest absolute Gasteiger partial charge is 0.335 e. The van der Waals surface area contributed by atoms with E-state index in [1.54, 1.807) is 36.4 Å². The quantitative estimate of drug-likeness (QED) is 0.263. The van der Waals surface area contributed by atoms with Crippen molar-refractivity contribution in [2.75, 3.05) is 7.11 Å². The number of methoxy groups -OCH3 is 1. The standard InChI is InChI=1S/C26H19Cl2NO6/c1-35-18-4-2-3-16(11-18)22-21(23(30)17-9-10-19(27)20(28)12-17)24(31)25(32)29(22)13-14-5-7-15(8-6-14)26(33)34/h2-12,22,30H,13H2,1H3,(H,33,34)/b23-21-. The normalized spacial score (nSPS) is 17.0. The number of benzene rings is 3. The van der Waals surface area contributed by atoms with E-state index in [4.69, 9.17) is 33.0 Å². The zero-order valence-corrected chi connectivity index (χ0v) is 19.9. The highest BCUT2D eigenvalue weighted by Crippen LogP contribution is 2.41. The number of aliphatic hydroxyl groups is 1. The number of rotatable bonds is 6. The van der Waals surface area contributed by atoms with E-state index in [1.807, 2.05) is 0 Å². The first-order valence-electron chi connectivity index (χ1n) is 10.4. The Labute approximate surface area is 210 Å². The summed E-state index contributed by atoms with van der Waals surface area (Å²) in [6.45, 7) is 0.00447. The van der Waals surface area contributed by atoms with Crippen LogP contribution in [-0.4, -0.2) is 39.9 Å². The molecule has 3 aromatic carbocycles. The number of ketones is 1. The van der Waals surface area contributed by atoms with Gasteiger partial charge in [-0.25, -0.2) is 4.79 Å². The number of carbonyl (C=O) groups excluding carboxylic acids is 2. The van der Waals surface area contributed by atoms with Crippen molar-refractivity contribution in [2.45, 2.75) is 12.6 Å². The fourth-order valence-electron chi connectivity index (χ4n) is 3.95. The van der Waals surface area contributed by atoms with Crippen LogP contribution in [0, 0.1) is 0 Å². The van der Waals surface area contributed by atoms with Crippen LogP contribution in [0.5, 0.6) is 5.75 Å². The molecule has 4 rings (SSSR count). The van der Waals surface area contributed by atoms with Gasteiger partial charge in [-0.15, -0.1) is 0 Å². The molecule has 1 fully saturated rings. The van der Waals surface area contributed by atoms with Gasteiger partial charge in [-0.1, -0.05) is 47.5 Å². The van der Waals surface area contributed by atoms with Gasteiger partial charge in [-0.05, 0) is 53.6 Å². The van der Waals surface area contributed by atoms with E-state index in [2.05, 4.69) is 0 Å². The van der Waals surface area contributed by atoms with Gasteiger partial charge in [0.05, 0.1) is 34.3 Å². The summed E-state index contributed by atoms with van der Waals surface area (Å²) >= 11 is 12.1. The molecular formula is C26H19Cl2NO6. The average molecular weight is 512 g/mol. The molecule has 1 unspecified atom stereocenters. The summed E-state index contributed by atoms with van der Waals surface area (Å²) in [5, 5.41) is 20.7. The number of aromatic carboxylic acids is 1. The Balaban J connectivity index is 1.85. The fraction of sp³-hybridized carbons (Fsp3) is 0.115. The summed E-state index contributed by atoms with van der Waals surface area (Å²) in [7, 11) is 1.50. The maximum atomic E-state index is 13.2. The predicted octanol–water partition coefficient (Wildman–Crippen LogP) is 5.32. The van der Waals surface area contributed by atoms with Gasteiger partial charge in [0, 0.05) is 12.1 Å². The molecular weight excluding hydrogens is 493 g/mol. The van der Waals surface area contributed by atoms with Crippen LogP contribution in [0.2, 0.25) is 10.0 Å². The number of carbonyl (C=O) groups is 3. The van der Waals surface area contributed by atoms with E-state index in [0.717, 1.165) is 0 Å². The zero-order chi connectivity index (χ0) is 25.3. The van der Waals surface area contributed by atoms with Gasteiger partial charge in [0.1, 0.15) is 11.5 Å². The van der Waals surface area contributed by atoms with Gasteiger partial charge >= 0.3 is 5.97 Å². The molecule has 2 N–H and O–H groups in total. The first-order valence-corrected chi connectivity index (χ1v) is 11.2. The molecule has 35 heavy (non-hydrogen) atoms. The molecule has 0 radical (unpaired) electrons. The summed E-state index contributed by atoms with van der Waals surface area (Å²) in [5.41, 5.74) is 1.38. The largest absolute Gasteiger partial charge is 0.507 e. The van der Waals surface area contributed by atoms with Crippen molar-refractivity contribution in [1.29, 1.82) is 0 Å². The van der Waals surface area contributed by atoms with Crippen LogP contribution >= 0.6 is 23.2 Å². The lowest BCUT2D eigenvalue weighted by atomic mass is 9.95. The van der Waals surface area contributed by atoms with Gasteiger partial charge in [0.25, 0.3) is 11.7 Å². The molecule has 1 aliphatic rings. The van der Waals surface area contributed by atoms with E-state index in [1.165, 1.54) is 42.3 Å². The van der Waals surface area contributed by atoms with E-state index in [-0.39, 0.29) is 33.3 Å². The predicted molar refractivity (Wildman–Crippen MR) is 131 cm³/mol. The molecule has 1 saturated heterocycles. The fourth-order valence-corrected chi connectivity index (χ4v) is 4.25. The van der Waals surface area contributed by atoms with Crippen LogP contribution in [0.1, 0.15) is 33.1 Å². The molecule has 0 aromatic heterocycles. The molecule has 178 valence electrons. The second-order valence-electron chi connectivity index (χ2n) is 7.83. The Morgan fingerprint density at radius 1 is 0.943 bits per heavy atom. The lowest BCUT2D eigenvalue weighted by Gasteiger charge is -2.26. The Morgan fingerprint density at radius 3 is 2.26 bits per heavy atom. The van der Waals surface area contributed by atoms with Crippen LogP contribution in [0.3, 0.4) is 0 Å². The minimum atomic E-state index is -1.07. The number of ether oxygens (including phenoxy) is 1. The molecule has 1 amide bonds. The number of aliphatic hydroxyl groups excluding tert-OH is 1. The summed E-state index contributed by atoms with van der Waals surface area (Å²) in [5.74, 6) is -2.62. The van der Waals surface area contributed by atoms with Gasteiger partial charge in [-0.3, -0.25) is 9.59 Å². The molecule has 0 spiro atoms. The van der Waals surface area contributed by atoms with Crippen molar-refractivity contribution in [2.24, 2.45) is 0 Å². The van der Waals surface area contributed by atoms with Crippen LogP contribution in [-0.2, 0) is 16.1 Å². The van der Waals surface area contributed by atoms with Gasteiger partial charge in [-0.2, -0.15) is 0 Å². The van der Waals surface area contributed by atoms with Gasteiger partial charge < -0.3 is 19.8 Å². The highest BCUT2D eigenvalue weighted by molar-refractivity contribution is 6.46. The highest BCUT2D eigenvalue weighted by Gasteiger charge is 2.46. The van der Waals surface area contributed by atoms with Crippen molar-refractivity contribution < 1.29 is 29.3 Å². The van der Waals surface area contributed by atoms with E-state index in [0.29, 0.717) is 16.9 Å². The first-order chi connectivity index (χ1) is 16.7. The summed E-state index contributed by atoms with van der Waals surface area (Å²) in [6, 6.07) is 16.3. The topological polar surface area (TPSA) is 104 Å². The van der Waals surface area contributed by atoms with Crippen LogP contribution in [0.15, 0.2) is 72.3 Å². The molecule has 0 bridgehead atoms. The van der Waals surface area contributed by atoms with Crippen molar-refractivity contribution in [3.8, 4) is 5.75 Å². The van der Waals surface area contributed by atoms with E-state index in [9.17, 15) is 19.5 Å². The zero-order valence-electron chi connectivity index (χ0n) is 18.4. The van der Waals surface area contributed by atoms with Crippen LogP contribution < -0.4 is 4.74 Å². The number of hydrogen-bond donors (Lipinski definition) is 2. The molecule has 1 aliphatic heterocycles. The Bertz CT molecular complexity index is 1370. The SMILES string of the molecule is COc1cccc(C2/C(=C(/O)c3ccc(Cl)c(Cl)c3)C(=O)C(=O)N2Cc2ccc(C(=O)O)cc2)c1. The minimum absolute atomic E-state index is 0.00447. The van der Waals surface area contributed by atoms with Gasteiger partial charge in [0.2, 0.25) is 0 Å². The van der Waals surface area contributed by atoms with Crippen molar-refractivity contribution in [3.05, 3.63) is 105 Å². The molecule has 0 saturated carbocycles. The number of hydrogen-bond acceptors (Lipinski definition) is 5. The van der Waals surface area contributed by atoms with E-state index >= 15 is 0 Å². The Morgan fingerprint density at radius 2 is 1.63 bits per heavy atom. The lowest BCUT2D eigenvalue weighted by molar-refractivity contribution is -0.140. The molecule has 1 heterocycles. The number of amides is 1. The van der Waals surface area contributed by atoms with Crippen LogP contribution in [0.25, 0.3) is 5.76 Å². The Kier molecular flexibility index (Phi) is 6.82. The summed E-state index contributed by atoms with van der Waals surface area (Å²) in [4.78, 5) is 38.8. The average Bonchev–Trinajstić information content (AvgIpc) is 3.10. The number of likely N-dealkylation sites (tertiary alicyclic amines) is 1. The van der Waals surface area contributed by atoms with Crippen molar-refractivity contribution in [3.63, 3.8) is 0 Å². The maximum Gasteiger partial charge on any atom is 0.335 e. The third-order valence-corrected chi connectivity index (χ3v) is 6.44. The third kappa shape index (κ3) is 4.73. The van der Waals surface area contributed by atoms with Crippen molar-refractivity contribution in [1.82, 2.24) is 4.90 Å². The number of carboxylic acid groups (broad SMARTS) is 1. The molecule has 1 atom stereocenters. The minimum Gasteiger partial charge on any atom is -0.507 e. The summed E-state index contributed by atoms with van der Waals surface area (Å²) < 4.78 is 5.31. The second-order valence-corrected chi connectivity index (χ2v) is 8.65. The third-order valence-electron chi connectivity index (χ3n) is 5.70. The second kappa shape index (κ2) is 9.82. The molecule has 9 heteroatoms. The highest BCUT2D eigenvalue weighted by atomic mass is 35.5. The molecule has 7 nitrogen and oxygen atoms in total. The van der Waals surface area contributed by atoms with E-state index < -0.39 is 29.5 Å².